The van der Waals surface area contributed by atoms with E-state index in [0.29, 0.717) is 35.4 Å². The van der Waals surface area contributed by atoms with E-state index in [0.717, 1.165) is 0 Å². The molecule has 0 fully saturated rings. The molecule has 7 heteroatoms. The van der Waals surface area contributed by atoms with Crippen LogP contribution in [0.5, 0.6) is 0 Å². The zero-order valence-electron chi connectivity index (χ0n) is 11.2. The van der Waals surface area contributed by atoms with E-state index in [1.807, 2.05) is 0 Å². The molecule has 108 valence electrons. The number of nitrogens with two attached hydrogens (primary N) is 1. The van der Waals surface area contributed by atoms with Gasteiger partial charge in [0.25, 0.3) is 0 Å². The van der Waals surface area contributed by atoms with Crippen molar-refractivity contribution in [1.29, 1.82) is 0 Å². The number of aliphatic hydroxyl groups excluding tert-OH is 1. The Kier molecular flexibility index (Phi) is 5.11. The number of nitrogens with zero attached hydrogens (tertiary/aromatic N) is 3. The first-order chi connectivity index (χ1) is 9.63. The highest BCUT2D eigenvalue weighted by atomic mass is 32.2. The van der Waals surface area contributed by atoms with Gasteiger partial charge in [0.15, 0.2) is 5.16 Å². The number of rotatable bonds is 6. The molecular weight excluding hydrogens is 279 g/mol. The number of benzene rings is 1. The Morgan fingerprint density at radius 1 is 1.40 bits per heavy atom. The molecule has 3 N–H and O–H groups in total. The van der Waals surface area contributed by atoms with Crippen molar-refractivity contribution in [1.82, 2.24) is 14.8 Å². The van der Waals surface area contributed by atoms with E-state index in [1.165, 1.54) is 17.8 Å². The Balaban J connectivity index is 2.42. The average molecular weight is 296 g/mol. The zero-order chi connectivity index (χ0) is 14.5. The summed E-state index contributed by atoms with van der Waals surface area (Å²) in [4.78, 5) is 0. The molecule has 20 heavy (non-hydrogen) atoms. The number of halogens is 1. The van der Waals surface area contributed by atoms with Crippen LogP contribution in [0.15, 0.2) is 29.4 Å². The van der Waals surface area contributed by atoms with Crippen molar-refractivity contribution in [3.63, 3.8) is 0 Å². The molecule has 0 unspecified atom stereocenters. The summed E-state index contributed by atoms with van der Waals surface area (Å²) in [5, 5.41) is 18.1. The second-order valence-electron chi connectivity index (χ2n) is 4.38. The quantitative estimate of drug-likeness (QED) is 0.788. The maximum atomic E-state index is 14.0. The first-order valence-electron chi connectivity index (χ1n) is 6.33. The SMILES string of the molecule is C[C@H](O)CSc1nnc(CCN)n1-c1ccccc1F. The van der Waals surface area contributed by atoms with Gasteiger partial charge >= 0.3 is 0 Å². The van der Waals surface area contributed by atoms with Crippen molar-refractivity contribution in [2.45, 2.75) is 24.6 Å². The van der Waals surface area contributed by atoms with Gasteiger partial charge in [-0.2, -0.15) is 0 Å². The smallest absolute Gasteiger partial charge is 0.196 e. The van der Waals surface area contributed by atoms with Gasteiger partial charge in [-0.3, -0.25) is 4.57 Å². The van der Waals surface area contributed by atoms with Crippen LogP contribution in [0.1, 0.15) is 12.7 Å². The van der Waals surface area contributed by atoms with Gasteiger partial charge in [-0.15, -0.1) is 10.2 Å². The van der Waals surface area contributed by atoms with E-state index in [2.05, 4.69) is 10.2 Å². The lowest BCUT2D eigenvalue weighted by Crippen LogP contribution is -2.11. The molecule has 2 rings (SSSR count). The predicted octanol–water partition coefficient (Wildman–Crippen LogP) is 1.38. The summed E-state index contributed by atoms with van der Waals surface area (Å²) in [6.45, 7) is 2.10. The van der Waals surface area contributed by atoms with Gasteiger partial charge in [-0.25, -0.2) is 4.39 Å². The van der Waals surface area contributed by atoms with Crippen LogP contribution in [0.25, 0.3) is 5.69 Å². The van der Waals surface area contributed by atoms with Crippen LogP contribution >= 0.6 is 11.8 Å². The Bertz CT molecular complexity index is 573. The van der Waals surface area contributed by atoms with E-state index in [1.54, 1.807) is 29.7 Å². The monoisotopic (exact) mass is 296 g/mol. The Morgan fingerprint density at radius 2 is 2.15 bits per heavy atom. The van der Waals surface area contributed by atoms with Gasteiger partial charge in [-0.1, -0.05) is 23.9 Å². The van der Waals surface area contributed by atoms with Crippen LogP contribution in [-0.2, 0) is 6.42 Å². The molecule has 0 saturated carbocycles. The number of para-hydroxylation sites is 1. The molecule has 1 aromatic heterocycles. The van der Waals surface area contributed by atoms with Crippen molar-refractivity contribution in [3.05, 3.63) is 35.9 Å². The fourth-order valence-electron chi connectivity index (χ4n) is 1.75. The standard InChI is InChI=1S/C13H17FN4OS/c1-9(19)8-20-13-17-16-12(6-7-15)18(13)11-5-3-2-4-10(11)14/h2-5,9,19H,6-8,15H2,1H3/t9-/m0/s1. The van der Waals surface area contributed by atoms with Crippen molar-refractivity contribution in [3.8, 4) is 5.69 Å². The summed E-state index contributed by atoms with van der Waals surface area (Å²) < 4.78 is 15.6. The first-order valence-corrected chi connectivity index (χ1v) is 7.32. The van der Waals surface area contributed by atoms with E-state index in [9.17, 15) is 9.50 Å². The van der Waals surface area contributed by atoms with Crippen LogP contribution in [0, 0.1) is 5.82 Å². The van der Waals surface area contributed by atoms with Gasteiger partial charge in [0, 0.05) is 12.2 Å². The Hall–Kier alpha value is -1.44. The number of hydrogen-bond acceptors (Lipinski definition) is 5. The van der Waals surface area contributed by atoms with Crippen LogP contribution in [0.4, 0.5) is 4.39 Å². The highest BCUT2D eigenvalue weighted by Crippen LogP contribution is 2.24. The summed E-state index contributed by atoms with van der Waals surface area (Å²) in [7, 11) is 0. The molecule has 0 amide bonds. The van der Waals surface area contributed by atoms with Crippen LogP contribution < -0.4 is 5.73 Å². The lowest BCUT2D eigenvalue weighted by atomic mass is 10.3. The summed E-state index contributed by atoms with van der Waals surface area (Å²) in [5.41, 5.74) is 5.95. The van der Waals surface area contributed by atoms with E-state index in [4.69, 9.17) is 5.73 Å². The molecule has 1 aromatic carbocycles. The second kappa shape index (κ2) is 6.83. The Morgan fingerprint density at radius 3 is 2.80 bits per heavy atom. The third-order valence-electron chi connectivity index (χ3n) is 2.62. The van der Waals surface area contributed by atoms with Crippen LogP contribution in [0.3, 0.4) is 0 Å². The van der Waals surface area contributed by atoms with Gasteiger partial charge in [-0.05, 0) is 25.6 Å². The van der Waals surface area contributed by atoms with Gasteiger partial charge in [0.05, 0.1) is 11.8 Å². The second-order valence-corrected chi connectivity index (χ2v) is 5.37. The molecule has 0 aliphatic rings. The number of aliphatic hydroxyl groups is 1. The largest absolute Gasteiger partial charge is 0.393 e. The molecule has 0 radical (unpaired) electrons. The average Bonchev–Trinajstić information content (AvgIpc) is 2.80. The molecule has 0 aliphatic heterocycles. The normalized spacial score (nSPS) is 12.6. The highest BCUT2D eigenvalue weighted by molar-refractivity contribution is 7.99. The zero-order valence-corrected chi connectivity index (χ0v) is 12.0. The molecule has 2 aromatic rings. The molecule has 1 heterocycles. The number of aromatic nitrogens is 3. The Labute approximate surface area is 121 Å². The summed E-state index contributed by atoms with van der Waals surface area (Å²) >= 11 is 1.34. The fraction of sp³-hybridized carbons (Fsp3) is 0.385. The summed E-state index contributed by atoms with van der Waals surface area (Å²) in [5.74, 6) is 0.741. The minimum absolute atomic E-state index is 0.343. The number of hydrogen-bond donors (Lipinski definition) is 2. The van der Waals surface area contributed by atoms with Gasteiger partial charge in [0.2, 0.25) is 0 Å². The predicted molar refractivity (Wildman–Crippen MR) is 76.5 cm³/mol. The topological polar surface area (TPSA) is 77.0 Å². The lowest BCUT2D eigenvalue weighted by molar-refractivity contribution is 0.220. The van der Waals surface area contributed by atoms with Gasteiger partial charge in [0.1, 0.15) is 11.6 Å². The molecule has 5 nitrogen and oxygen atoms in total. The minimum Gasteiger partial charge on any atom is -0.393 e. The molecule has 0 bridgehead atoms. The molecule has 0 aliphatic carbocycles. The highest BCUT2D eigenvalue weighted by Gasteiger charge is 2.16. The van der Waals surface area contributed by atoms with Crippen molar-refractivity contribution in [2.75, 3.05) is 12.3 Å². The van der Waals surface area contributed by atoms with Crippen molar-refractivity contribution in [2.24, 2.45) is 5.73 Å². The lowest BCUT2D eigenvalue weighted by Gasteiger charge is -2.11. The van der Waals surface area contributed by atoms with Crippen molar-refractivity contribution >= 4 is 11.8 Å². The molecule has 0 saturated heterocycles. The molecule has 0 spiro atoms. The summed E-state index contributed by atoms with van der Waals surface area (Å²) in [6.07, 6.45) is 0.0417. The minimum atomic E-state index is -0.469. The fourth-order valence-corrected chi connectivity index (χ4v) is 2.58. The van der Waals surface area contributed by atoms with Gasteiger partial charge < -0.3 is 10.8 Å². The molecule has 1 atom stereocenters. The van der Waals surface area contributed by atoms with E-state index < -0.39 is 6.10 Å². The van der Waals surface area contributed by atoms with Crippen LogP contribution in [0.2, 0.25) is 0 Å². The molecular formula is C13H17FN4OS. The maximum Gasteiger partial charge on any atom is 0.196 e. The number of thioether (sulfide) groups is 1. The first kappa shape index (κ1) is 15.0. The third-order valence-corrected chi connectivity index (χ3v) is 3.79. The van der Waals surface area contributed by atoms with E-state index >= 15 is 0 Å². The summed E-state index contributed by atoms with van der Waals surface area (Å²) in [6, 6.07) is 6.46. The van der Waals surface area contributed by atoms with E-state index in [-0.39, 0.29) is 5.82 Å². The maximum absolute atomic E-state index is 14.0. The van der Waals surface area contributed by atoms with Crippen molar-refractivity contribution < 1.29 is 9.50 Å². The third kappa shape index (κ3) is 3.36. The van der Waals surface area contributed by atoms with Crippen LogP contribution in [-0.4, -0.2) is 38.3 Å².